The normalized spacial score (nSPS) is 10.2. The summed E-state index contributed by atoms with van der Waals surface area (Å²) in [7, 11) is 0. The molecule has 0 radical (unpaired) electrons. The Morgan fingerprint density at radius 1 is 0.964 bits per heavy atom. The third-order valence-corrected chi connectivity index (χ3v) is 4.21. The summed E-state index contributed by atoms with van der Waals surface area (Å²) in [6, 6.07) is 14.0. The van der Waals surface area contributed by atoms with Crippen molar-refractivity contribution in [2.45, 2.75) is 32.6 Å². The zero-order chi connectivity index (χ0) is 20.2. The summed E-state index contributed by atoms with van der Waals surface area (Å²) in [6.07, 6.45) is 6.01. The van der Waals surface area contributed by atoms with Gasteiger partial charge in [0.15, 0.2) is 0 Å². The number of benzene rings is 2. The highest BCUT2D eigenvalue weighted by molar-refractivity contribution is 6.10. The van der Waals surface area contributed by atoms with Crippen LogP contribution in [0.3, 0.4) is 0 Å². The standard InChI is InChI=1S/C23H28N2O3/c1-3-5-6-11-17-28-21-15-10-8-13-19(21)23(27)25-20-14-9-7-12-18(20)22(26)24-16-4-2/h4,7-10,12-15H,2-3,5-6,11,16-17H2,1H3,(H,24,26)(H,25,27). The first kappa shape index (κ1) is 21.2. The molecule has 0 aromatic heterocycles. The van der Waals surface area contributed by atoms with Crippen molar-refractivity contribution in [1.29, 1.82) is 0 Å². The van der Waals surface area contributed by atoms with Crippen molar-refractivity contribution in [2.75, 3.05) is 18.5 Å². The molecule has 0 unspecified atom stereocenters. The Kier molecular flexibility index (Phi) is 8.79. The lowest BCUT2D eigenvalue weighted by Gasteiger charge is -2.14. The molecule has 0 fully saturated rings. The van der Waals surface area contributed by atoms with Gasteiger partial charge in [0.2, 0.25) is 0 Å². The van der Waals surface area contributed by atoms with Crippen LogP contribution in [0.15, 0.2) is 61.2 Å². The molecule has 2 aromatic carbocycles. The van der Waals surface area contributed by atoms with Crippen molar-refractivity contribution in [3.8, 4) is 5.75 Å². The molecule has 148 valence electrons. The van der Waals surface area contributed by atoms with Crippen molar-refractivity contribution >= 4 is 17.5 Å². The fourth-order valence-electron chi connectivity index (χ4n) is 2.73. The third kappa shape index (κ3) is 6.27. The number of carbonyl (C=O) groups is 2. The van der Waals surface area contributed by atoms with Crippen LogP contribution in [0.25, 0.3) is 0 Å². The van der Waals surface area contributed by atoms with Crippen molar-refractivity contribution in [2.24, 2.45) is 0 Å². The Labute approximate surface area is 166 Å². The van der Waals surface area contributed by atoms with E-state index in [9.17, 15) is 9.59 Å². The number of unbranched alkanes of at least 4 members (excludes halogenated alkanes) is 3. The maximum atomic E-state index is 12.8. The number of para-hydroxylation sites is 2. The fourth-order valence-corrected chi connectivity index (χ4v) is 2.73. The molecule has 2 rings (SSSR count). The molecule has 28 heavy (non-hydrogen) atoms. The first-order valence-corrected chi connectivity index (χ1v) is 9.68. The van der Waals surface area contributed by atoms with Crippen LogP contribution in [0.4, 0.5) is 5.69 Å². The molecule has 0 heterocycles. The summed E-state index contributed by atoms with van der Waals surface area (Å²) in [5.74, 6) is -0.0329. The van der Waals surface area contributed by atoms with Crippen molar-refractivity contribution in [3.63, 3.8) is 0 Å². The SMILES string of the molecule is C=CCNC(=O)c1ccccc1NC(=O)c1ccccc1OCCCCCC. The number of hydrogen-bond donors (Lipinski definition) is 2. The topological polar surface area (TPSA) is 67.4 Å². The average molecular weight is 380 g/mol. The summed E-state index contributed by atoms with van der Waals surface area (Å²) < 4.78 is 5.82. The van der Waals surface area contributed by atoms with E-state index in [0.717, 1.165) is 12.8 Å². The van der Waals surface area contributed by atoms with Crippen molar-refractivity contribution in [3.05, 3.63) is 72.3 Å². The van der Waals surface area contributed by atoms with Crippen molar-refractivity contribution in [1.82, 2.24) is 5.32 Å². The monoisotopic (exact) mass is 380 g/mol. The Morgan fingerprint density at radius 3 is 2.43 bits per heavy atom. The smallest absolute Gasteiger partial charge is 0.259 e. The van der Waals surface area contributed by atoms with E-state index in [1.807, 2.05) is 6.07 Å². The van der Waals surface area contributed by atoms with Crippen LogP contribution in [0.1, 0.15) is 53.3 Å². The number of anilines is 1. The average Bonchev–Trinajstić information content (AvgIpc) is 2.72. The summed E-state index contributed by atoms with van der Waals surface area (Å²) in [5.41, 5.74) is 1.29. The molecule has 0 bridgehead atoms. The summed E-state index contributed by atoms with van der Waals surface area (Å²) >= 11 is 0. The molecule has 0 atom stereocenters. The molecule has 5 nitrogen and oxygen atoms in total. The van der Waals surface area contributed by atoms with Crippen LogP contribution in [-0.2, 0) is 0 Å². The molecule has 0 aliphatic rings. The molecule has 0 saturated carbocycles. The van der Waals surface area contributed by atoms with Crippen LogP contribution in [0.5, 0.6) is 5.75 Å². The van der Waals surface area contributed by atoms with Gasteiger partial charge in [0, 0.05) is 6.54 Å². The molecule has 2 N–H and O–H groups in total. The lowest BCUT2D eigenvalue weighted by Crippen LogP contribution is -2.25. The maximum Gasteiger partial charge on any atom is 0.259 e. The van der Waals surface area contributed by atoms with Crippen LogP contribution in [-0.4, -0.2) is 25.0 Å². The lowest BCUT2D eigenvalue weighted by molar-refractivity contribution is 0.0959. The minimum absolute atomic E-state index is 0.267. The number of amides is 2. The molecular formula is C23H28N2O3. The van der Waals surface area contributed by atoms with E-state index in [0.29, 0.717) is 35.7 Å². The van der Waals surface area contributed by atoms with Crippen LogP contribution >= 0.6 is 0 Å². The summed E-state index contributed by atoms with van der Waals surface area (Å²) in [4.78, 5) is 25.1. The van der Waals surface area contributed by atoms with Gasteiger partial charge in [-0.1, -0.05) is 56.5 Å². The largest absolute Gasteiger partial charge is 0.493 e. The minimum atomic E-state index is -0.312. The number of rotatable bonds is 11. The number of hydrogen-bond acceptors (Lipinski definition) is 3. The van der Waals surface area contributed by atoms with Gasteiger partial charge in [-0.15, -0.1) is 6.58 Å². The fraction of sp³-hybridized carbons (Fsp3) is 0.304. The van der Waals surface area contributed by atoms with Gasteiger partial charge in [-0.25, -0.2) is 0 Å². The van der Waals surface area contributed by atoms with Gasteiger partial charge >= 0.3 is 0 Å². The predicted molar refractivity (Wildman–Crippen MR) is 113 cm³/mol. The quantitative estimate of drug-likeness (QED) is 0.434. The van der Waals surface area contributed by atoms with E-state index < -0.39 is 0 Å². The molecule has 0 spiro atoms. The second-order valence-corrected chi connectivity index (χ2v) is 6.40. The Hall–Kier alpha value is -3.08. The number of nitrogens with one attached hydrogen (secondary N) is 2. The van der Waals surface area contributed by atoms with Gasteiger partial charge in [-0.2, -0.15) is 0 Å². The second-order valence-electron chi connectivity index (χ2n) is 6.40. The highest BCUT2D eigenvalue weighted by Crippen LogP contribution is 2.22. The molecule has 0 aliphatic heterocycles. The third-order valence-electron chi connectivity index (χ3n) is 4.21. The van der Waals surface area contributed by atoms with Crippen LogP contribution in [0.2, 0.25) is 0 Å². The molecule has 2 aromatic rings. The van der Waals surface area contributed by atoms with Gasteiger partial charge in [0.25, 0.3) is 11.8 Å². The first-order chi connectivity index (χ1) is 13.7. The van der Waals surface area contributed by atoms with Gasteiger partial charge in [0.1, 0.15) is 5.75 Å². The number of carbonyl (C=O) groups excluding carboxylic acids is 2. The zero-order valence-corrected chi connectivity index (χ0v) is 16.4. The Balaban J connectivity index is 2.09. The van der Waals surface area contributed by atoms with E-state index in [1.54, 1.807) is 48.5 Å². The maximum absolute atomic E-state index is 12.8. The lowest BCUT2D eigenvalue weighted by atomic mass is 10.1. The van der Waals surface area contributed by atoms with Crippen LogP contribution in [0, 0.1) is 0 Å². The molecular weight excluding hydrogens is 352 g/mol. The van der Waals surface area contributed by atoms with Gasteiger partial charge in [-0.05, 0) is 30.7 Å². The van der Waals surface area contributed by atoms with Crippen molar-refractivity contribution < 1.29 is 14.3 Å². The van der Waals surface area contributed by atoms with E-state index in [-0.39, 0.29) is 11.8 Å². The van der Waals surface area contributed by atoms with Gasteiger partial charge < -0.3 is 15.4 Å². The predicted octanol–water partition coefficient (Wildman–Crippen LogP) is 4.81. The summed E-state index contributed by atoms with van der Waals surface area (Å²) in [6.45, 7) is 6.68. The Morgan fingerprint density at radius 2 is 1.68 bits per heavy atom. The van der Waals surface area contributed by atoms with E-state index >= 15 is 0 Å². The highest BCUT2D eigenvalue weighted by atomic mass is 16.5. The highest BCUT2D eigenvalue weighted by Gasteiger charge is 2.16. The van der Waals surface area contributed by atoms with Crippen LogP contribution < -0.4 is 15.4 Å². The zero-order valence-electron chi connectivity index (χ0n) is 16.4. The molecule has 0 aliphatic carbocycles. The van der Waals surface area contributed by atoms with Gasteiger partial charge in [0.05, 0.1) is 23.4 Å². The number of ether oxygens (including phenoxy) is 1. The molecule has 5 heteroatoms. The Bertz CT molecular complexity index is 802. The van der Waals surface area contributed by atoms with E-state index in [2.05, 4.69) is 24.1 Å². The van der Waals surface area contributed by atoms with E-state index in [4.69, 9.17) is 4.74 Å². The molecule has 0 saturated heterocycles. The minimum Gasteiger partial charge on any atom is -0.493 e. The second kappa shape index (κ2) is 11.6. The first-order valence-electron chi connectivity index (χ1n) is 9.68. The van der Waals surface area contributed by atoms with Gasteiger partial charge in [-0.3, -0.25) is 9.59 Å². The molecule has 2 amide bonds. The van der Waals surface area contributed by atoms with E-state index in [1.165, 1.54) is 12.8 Å². The summed E-state index contributed by atoms with van der Waals surface area (Å²) in [5, 5.41) is 5.55.